The van der Waals surface area contributed by atoms with Gasteiger partial charge in [-0.25, -0.2) is 9.97 Å². The van der Waals surface area contributed by atoms with Crippen LogP contribution in [0.3, 0.4) is 0 Å². The Morgan fingerprint density at radius 1 is 0.321 bits per heavy atom. The molecule has 10 rings (SSSR count). The van der Waals surface area contributed by atoms with Gasteiger partial charge in [-0.15, -0.1) is 0 Å². The van der Waals surface area contributed by atoms with Gasteiger partial charge in [0, 0.05) is 22.1 Å². The van der Waals surface area contributed by atoms with Gasteiger partial charge in [-0.2, -0.15) is 0 Å². The molecule has 0 saturated heterocycles. The van der Waals surface area contributed by atoms with Crippen molar-refractivity contribution in [1.82, 2.24) is 9.97 Å². The minimum atomic E-state index is -0.0631. The lowest BCUT2D eigenvalue weighted by atomic mass is 9.81. The molecule has 0 radical (unpaired) electrons. The Balaban J connectivity index is 1.15. The van der Waals surface area contributed by atoms with E-state index in [9.17, 15) is 0 Å². The van der Waals surface area contributed by atoms with Crippen molar-refractivity contribution in [2.45, 2.75) is 19.3 Å². The molecule has 1 aliphatic carbocycles. The van der Waals surface area contributed by atoms with E-state index in [0.29, 0.717) is 5.82 Å². The number of hydrogen-bond donors (Lipinski definition) is 0. The van der Waals surface area contributed by atoms with Crippen LogP contribution >= 0.6 is 0 Å². The summed E-state index contributed by atoms with van der Waals surface area (Å²) in [4.78, 5) is 10.5. The summed E-state index contributed by atoms with van der Waals surface area (Å²) in [7, 11) is 0. The normalized spacial score (nSPS) is 12.9. The molecule has 250 valence electrons. The zero-order valence-corrected chi connectivity index (χ0v) is 29.7. The molecule has 8 aromatic carbocycles. The molecule has 0 fully saturated rings. The molecule has 1 heterocycles. The maximum absolute atomic E-state index is 5.28. The Labute approximate surface area is 310 Å². The van der Waals surface area contributed by atoms with Crippen molar-refractivity contribution in [3.63, 3.8) is 0 Å². The summed E-state index contributed by atoms with van der Waals surface area (Å²) in [5.74, 6) is 0.711. The summed E-state index contributed by atoms with van der Waals surface area (Å²) in [6, 6.07) is 65.4. The fraction of sp³-hybridized carbons (Fsp3) is 0.0588. The third-order valence-electron chi connectivity index (χ3n) is 11.1. The van der Waals surface area contributed by atoms with Crippen molar-refractivity contribution >= 4 is 21.5 Å². The number of fused-ring (bicyclic) bond motifs is 5. The number of nitrogens with zero attached hydrogens (tertiary/aromatic N) is 2. The van der Waals surface area contributed by atoms with Gasteiger partial charge < -0.3 is 0 Å². The molecule has 53 heavy (non-hydrogen) atoms. The van der Waals surface area contributed by atoms with Crippen molar-refractivity contribution in [2.24, 2.45) is 0 Å². The zero-order chi connectivity index (χ0) is 35.5. The Morgan fingerprint density at radius 3 is 1.36 bits per heavy atom. The van der Waals surface area contributed by atoms with E-state index in [4.69, 9.17) is 9.97 Å². The van der Waals surface area contributed by atoms with Gasteiger partial charge in [-0.1, -0.05) is 184 Å². The Bertz CT molecular complexity index is 2850. The lowest BCUT2D eigenvalue weighted by molar-refractivity contribution is 0.660. The molecule has 0 N–H and O–H groups in total. The van der Waals surface area contributed by atoms with Crippen LogP contribution in [0.1, 0.15) is 25.0 Å². The van der Waals surface area contributed by atoms with Gasteiger partial charge in [0.2, 0.25) is 0 Å². The predicted octanol–water partition coefficient (Wildman–Crippen LogP) is 13.4. The van der Waals surface area contributed by atoms with Crippen LogP contribution in [0.5, 0.6) is 0 Å². The fourth-order valence-electron chi connectivity index (χ4n) is 8.48. The first-order valence-corrected chi connectivity index (χ1v) is 18.3. The quantitative estimate of drug-likeness (QED) is 0.181. The van der Waals surface area contributed by atoms with Gasteiger partial charge in [-0.3, -0.25) is 0 Å². The van der Waals surface area contributed by atoms with Gasteiger partial charge in [-0.05, 0) is 78.2 Å². The van der Waals surface area contributed by atoms with Gasteiger partial charge >= 0.3 is 0 Å². The summed E-state index contributed by atoms with van der Waals surface area (Å²) in [6.07, 6.45) is 0. The molecule has 9 aromatic rings. The Morgan fingerprint density at radius 2 is 0.755 bits per heavy atom. The largest absolute Gasteiger partial charge is 0.228 e. The zero-order valence-electron chi connectivity index (χ0n) is 29.7. The minimum absolute atomic E-state index is 0.0631. The first-order valence-electron chi connectivity index (χ1n) is 18.3. The summed E-state index contributed by atoms with van der Waals surface area (Å²) < 4.78 is 0. The second-order valence-corrected chi connectivity index (χ2v) is 14.5. The minimum Gasteiger partial charge on any atom is -0.228 e. The fourth-order valence-corrected chi connectivity index (χ4v) is 8.48. The topological polar surface area (TPSA) is 25.8 Å². The number of hydrogen-bond acceptors (Lipinski definition) is 2. The van der Waals surface area contributed by atoms with E-state index in [1.165, 1.54) is 66.1 Å². The molecule has 0 amide bonds. The summed E-state index contributed by atoms with van der Waals surface area (Å²) in [5, 5.41) is 4.74. The number of benzene rings is 8. The highest BCUT2D eigenvalue weighted by atomic mass is 14.9. The Hall–Kier alpha value is -6.64. The van der Waals surface area contributed by atoms with Crippen LogP contribution in [0.4, 0.5) is 0 Å². The molecule has 1 aliphatic rings. The van der Waals surface area contributed by atoms with E-state index in [-0.39, 0.29) is 5.41 Å². The SMILES string of the molecule is CC1(C)c2ccccc2-c2ccc(-c3ccc(-c4cc(-c5ccc(-c6ccccc6)c6ccccc56)nc(-c5ccccc5)n4)c4ccccc34)cc21. The lowest BCUT2D eigenvalue weighted by Gasteiger charge is -2.22. The summed E-state index contributed by atoms with van der Waals surface area (Å²) in [5.41, 5.74) is 15.2. The van der Waals surface area contributed by atoms with Gasteiger partial charge in [0.25, 0.3) is 0 Å². The molecule has 2 nitrogen and oxygen atoms in total. The predicted molar refractivity (Wildman–Crippen MR) is 222 cm³/mol. The Kier molecular flexibility index (Phi) is 7.19. The van der Waals surface area contributed by atoms with Gasteiger partial charge in [0.05, 0.1) is 11.4 Å². The smallest absolute Gasteiger partial charge is 0.160 e. The summed E-state index contributed by atoms with van der Waals surface area (Å²) in [6.45, 7) is 4.69. The molecule has 2 heteroatoms. The van der Waals surface area contributed by atoms with Crippen LogP contribution in [0.15, 0.2) is 182 Å². The lowest BCUT2D eigenvalue weighted by Crippen LogP contribution is -2.14. The van der Waals surface area contributed by atoms with Crippen molar-refractivity contribution in [3.8, 4) is 67.3 Å². The average molecular weight is 677 g/mol. The first kappa shape index (κ1) is 31.1. The van der Waals surface area contributed by atoms with E-state index in [1.54, 1.807) is 0 Å². The molecule has 0 unspecified atom stereocenters. The van der Waals surface area contributed by atoms with Crippen molar-refractivity contribution in [1.29, 1.82) is 0 Å². The highest BCUT2D eigenvalue weighted by molar-refractivity contribution is 6.07. The highest BCUT2D eigenvalue weighted by Crippen LogP contribution is 2.50. The second kappa shape index (κ2) is 12.3. The van der Waals surface area contributed by atoms with Crippen molar-refractivity contribution in [3.05, 3.63) is 193 Å². The average Bonchev–Trinajstić information content (AvgIpc) is 3.45. The molecule has 1 aromatic heterocycles. The highest BCUT2D eigenvalue weighted by Gasteiger charge is 2.35. The van der Waals surface area contributed by atoms with E-state index in [0.717, 1.165) is 28.1 Å². The maximum atomic E-state index is 5.28. The maximum Gasteiger partial charge on any atom is 0.160 e. The van der Waals surface area contributed by atoms with E-state index < -0.39 is 0 Å². The van der Waals surface area contributed by atoms with E-state index in [1.807, 2.05) is 6.07 Å². The molecule has 0 aliphatic heterocycles. The standard InChI is InChI=1S/C51H36N2/c1-51(2)46-24-14-13-23-42(46)43-26-25-35(31-47(43)51)37-28-30-45(41-22-12-10-20-39(37)41)49-32-48(52-50(53-49)34-17-7-4-8-18-34)44-29-27-36(33-15-5-3-6-16-33)38-19-9-11-21-40(38)44/h3-32H,1-2H3. The molecular formula is C51H36N2. The molecule has 0 atom stereocenters. The monoisotopic (exact) mass is 676 g/mol. The van der Waals surface area contributed by atoms with Crippen LogP contribution in [0.2, 0.25) is 0 Å². The van der Waals surface area contributed by atoms with Gasteiger partial charge in [0.1, 0.15) is 0 Å². The van der Waals surface area contributed by atoms with Crippen LogP contribution in [0, 0.1) is 0 Å². The first-order chi connectivity index (χ1) is 26.0. The van der Waals surface area contributed by atoms with E-state index >= 15 is 0 Å². The van der Waals surface area contributed by atoms with Crippen molar-refractivity contribution in [2.75, 3.05) is 0 Å². The number of aromatic nitrogens is 2. The molecule has 0 spiro atoms. The van der Waals surface area contributed by atoms with E-state index in [2.05, 4.69) is 190 Å². The van der Waals surface area contributed by atoms with Crippen LogP contribution in [-0.4, -0.2) is 9.97 Å². The third-order valence-corrected chi connectivity index (χ3v) is 11.1. The molecular weight excluding hydrogens is 641 g/mol. The van der Waals surface area contributed by atoms with Crippen LogP contribution in [0.25, 0.3) is 88.8 Å². The summed E-state index contributed by atoms with van der Waals surface area (Å²) >= 11 is 0. The number of rotatable bonds is 5. The third kappa shape index (κ3) is 5.10. The van der Waals surface area contributed by atoms with Crippen LogP contribution in [-0.2, 0) is 5.41 Å². The van der Waals surface area contributed by atoms with Crippen molar-refractivity contribution < 1.29 is 0 Å². The van der Waals surface area contributed by atoms with Crippen LogP contribution < -0.4 is 0 Å². The van der Waals surface area contributed by atoms with Gasteiger partial charge in [0.15, 0.2) is 5.82 Å². The second-order valence-electron chi connectivity index (χ2n) is 14.5. The molecule has 0 bridgehead atoms. The molecule has 0 saturated carbocycles.